The predicted octanol–water partition coefficient (Wildman–Crippen LogP) is 5.66. The molecule has 0 nitrogen and oxygen atoms in total. The zero-order chi connectivity index (χ0) is 17.4. The van der Waals surface area contributed by atoms with Gasteiger partial charge in [-0.25, -0.2) is 0 Å². The van der Waals surface area contributed by atoms with E-state index in [1.165, 1.54) is 0 Å². The summed E-state index contributed by atoms with van der Waals surface area (Å²) in [6.07, 6.45) is -26.4. The van der Waals surface area contributed by atoms with Crippen LogP contribution in [-0.4, -0.2) is 28.6 Å². The standard InChI is InChI=1S/C8H5F12I/c9-5(10,11)3(6(12,13)14)1-2(21)4(7(15,16)17)8(18,19)20/h2-4H,1H2. The molecule has 0 aromatic rings. The molecule has 0 amide bonds. The Balaban J connectivity index is 5.44. The van der Waals surface area contributed by atoms with Crippen LogP contribution in [0.3, 0.4) is 0 Å². The van der Waals surface area contributed by atoms with Crippen LogP contribution in [0, 0.1) is 11.8 Å². The Hall–Kier alpha value is -0.110. The van der Waals surface area contributed by atoms with Gasteiger partial charge in [0.15, 0.2) is 11.8 Å². The van der Waals surface area contributed by atoms with Crippen LogP contribution in [0.5, 0.6) is 0 Å². The molecule has 128 valence electrons. The van der Waals surface area contributed by atoms with E-state index in [4.69, 9.17) is 0 Å². The van der Waals surface area contributed by atoms with Crippen LogP contribution in [0.1, 0.15) is 6.42 Å². The Bertz CT molecular complexity index is 305. The molecular formula is C8H5F12I. The van der Waals surface area contributed by atoms with Crippen molar-refractivity contribution in [3.8, 4) is 0 Å². The van der Waals surface area contributed by atoms with E-state index in [9.17, 15) is 52.7 Å². The van der Waals surface area contributed by atoms with Gasteiger partial charge in [0.05, 0.1) is 0 Å². The molecule has 0 aliphatic heterocycles. The monoisotopic (exact) mass is 456 g/mol. The summed E-state index contributed by atoms with van der Waals surface area (Å²) < 4.78 is 143. The van der Waals surface area contributed by atoms with Crippen molar-refractivity contribution in [2.75, 3.05) is 0 Å². The molecule has 13 heteroatoms. The highest BCUT2D eigenvalue weighted by atomic mass is 127. The van der Waals surface area contributed by atoms with Crippen LogP contribution in [0.15, 0.2) is 0 Å². The van der Waals surface area contributed by atoms with Crippen LogP contribution >= 0.6 is 22.6 Å². The average Bonchev–Trinajstić information content (AvgIpc) is 2.04. The van der Waals surface area contributed by atoms with Gasteiger partial charge in [-0.3, -0.25) is 0 Å². The lowest BCUT2D eigenvalue weighted by molar-refractivity contribution is -0.302. The fourth-order valence-corrected chi connectivity index (χ4v) is 2.73. The van der Waals surface area contributed by atoms with E-state index >= 15 is 0 Å². The van der Waals surface area contributed by atoms with E-state index in [2.05, 4.69) is 0 Å². The summed E-state index contributed by atoms with van der Waals surface area (Å²) in [4.78, 5) is 0. The lowest BCUT2D eigenvalue weighted by atomic mass is 9.93. The van der Waals surface area contributed by atoms with Crippen LogP contribution < -0.4 is 0 Å². The van der Waals surface area contributed by atoms with Crippen molar-refractivity contribution in [1.82, 2.24) is 0 Å². The van der Waals surface area contributed by atoms with Gasteiger partial charge in [0.25, 0.3) is 0 Å². The zero-order valence-electron chi connectivity index (χ0n) is 9.35. The van der Waals surface area contributed by atoms with Crippen molar-refractivity contribution < 1.29 is 52.7 Å². The van der Waals surface area contributed by atoms with E-state index in [1.54, 1.807) is 0 Å². The number of alkyl halides is 13. The van der Waals surface area contributed by atoms with Gasteiger partial charge in [0, 0.05) is 3.92 Å². The van der Waals surface area contributed by atoms with E-state index < -0.39 is 46.9 Å². The Kier molecular flexibility index (Phi) is 6.15. The SMILES string of the molecule is FC(F)(F)C(CC(I)C(C(F)(F)F)C(F)(F)F)C(F)(F)F. The van der Waals surface area contributed by atoms with Gasteiger partial charge in [-0.05, 0) is 6.42 Å². The second-order valence-corrected chi connectivity index (χ2v) is 5.55. The lowest BCUT2D eigenvalue weighted by Crippen LogP contribution is -2.46. The molecule has 0 aliphatic rings. The third-order valence-electron chi connectivity index (χ3n) is 2.32. The zero-order valence-corrected chi connectivity index (χ0v) is 11.5. The molecule has 0 aromatic carbocycles. The Labute approximate surface area is 123 Å². The Morgan fingerprint density at radius 1 is 0.571 bits per heavy atom. The van der Waals surface area contributed by atoms with Gasteiger partial charge in [0.1, 0.15) is 0 Å². The number of halogens is 13. The molecule has 0 N–H and O–H groups in total. The normalized spacial score (nSPS) is 16.7. The minimum absolute atomic E-state index is 0.309. The smallest absolute Gasteiger partial charge is 0.170 e. The predicted molar refractivity (Wildman–Crippen MR) is 53.6 cm³/mol. The first kappa shape index (κ1) is 20.9. The molecule has 0 bridgehead atoms. The minimum Gasteiger partial charge on any atom is -0.170 e. The van der Waals surface area contributed by atoms with Crippen molar-refractivity contribution in [2.24, 2.45) is 11.8 Å². The molecule has 1 atom stereocenters. The third-order valence-corrected chi connectivity index (χ3v) is 3.55. The molecular weight excluding hydrogens is 451 g/mol. The summed E-state index contributed by atoms with van der Waals surface area (Å²) in [5.41, 5.74) is 0. The molecule has 0 radical (unpaired) electrons. The molecule has 0 saturated carbocycles. The van der Waals surface area contributed by atoms with E-state index in [1.807, 2.05) is 0 Å². The molecule has 0 fully saturated rings. The first-order valence-electron chi connectivity index (χ1n) is 4.79. The summed E-state index contributed by atoms with van der Waals surface area (Å²) in [6, 6.07) is 0. The van der Waals surface area contributed by atoms with Gasteiger partial charge >= 0.3 is 24.7 Å². The van der Waals surface area contributed by atoms with Crippen LogP contribution in [0.25, 0.3) is 0 Å². The molecule has 0 rings (SSSR count). The largest absolute Gasteiger partial charge is 0.401 e. The summed E-state index contributed by atoms with van der Waals surface area (Å²) >= 11 is 0.309. The van der Waals surface area contributed by atoms with Gasteiger partial charge in [-0.15, -0.1) is 0 Å². The third kappa shape index (κ3) is 6.26. The maximum absolute atomic E-state index is 12.2. The van der Waals surface area contributed by atoms with Crippen molar-refractivity contribution in [3.05, 3.63) is 0 Å². The van der Waals surface area contributed by atoms with Crippen molar-refractivity contribution in [3.63, 3.8) is 0 Å². The Morgan fingerprint density at radius 3 is 1.05 bits per heavy atom. The molecule has 0 spiro atoms. The first-order valence-corrected chi connectivity index (χ1v) is 6.04. The second-order valence-electron chi connectivity index (χ2n) is 3.95. The van der Waals surface area contributed by atoms with E-state index in [0.29, 0.717) is 22.6 Å². The maximum Gasteiger partial charge on any atom is 0.401 e. The molecule has 0 aliphatic carbocycles. The van der Waals surface area contributed by atoms with Gasteiger partial charge < -0.3 is 0 Å². The summed E-state index contributed by atoms with van der Waals surface area (Å²) in [5.74, 6) is -8.54. The van der Waals surface area contributed by atoms with E-state index in [0.717, 1.165) is 0 Å². The number of rotatable bonds is 3. The summed E-state index contributed by atoms with van der Waals surface area (Å²) in [7, 11) is 0. The second kappa shape index (κ2) is 6.18. The first-order chi connectivity index (χ1) is 8.88. The van der Waals surface area contributed by atoms with Crippen LogP contribution in [0.2, 0.25) is 0 Å². The molecule has 0 heterocycles. The van der Waals surface area contributed by atoms with Crippen molar-refractivity contribution in [1.29, 1.82) is 0 Å². The van der Waals surface area contributed by atoms with Crippen molar-refractivity contribution in [2.45, 2.75) is 35.1 Å². The molecule has 0 saturated heterocycles. The molecule has 21 heavy (non-hydrogen) atoms. The molecule has 1 unspecified atom stereocenters. The summed E-state index contributed by atoms with van der Waals surface area (Å²) in [5, 5.41) is 0. The highest BCUT2D eigenvalue weighted by Gasteiger charge is 2.63. The number of hydrogen-bond donors (Lipinski definition) is 0. The minimum atomic E-state index is -6.01. The van der Waals surface area contributed by atoms with Crippen LogP contribution in [-0.2, 0) is 0 Å². The number of hydrogen-bond acceptors (Lipinski definition) is 0. The van der Waals surface area contributed by atoms with Crippen molar-refractivity contribution >= 4 is 22.6 Å². The fraction of sp³-hybridized carbons (Fsp3) is 1.00. The quantitative estimate of drug-likeness (QED) is 0.292. The molecule has 0 aromatic heterocycles. The Morgan fingerprint density at radius 2 is 0.857 bits per heavy atom. The highest BCUT2D eigenvalue weighted by molar-refractivity contribution is 14.1. The fourth-order valence-electron chi connectivity index (χ4n) is 1.41. The topological polar surface area (TPSA) is 0 Å². The summed E-state index contributed by atoms with van der Waals surface area (Å²) in [6.45, 7) is 0. The van der Waals surface area contributed by atoms with E-state index in [-0.39, 0.29) is 0 Å². The maximum atomic E-state index is 12.2. The average molecular weight is 456 g/mol. The van der Waals surface area contributed by atoms with Gasteiger partial charge in [-0.2, -0.15) is 52.7 Å². The van der Waals surface area contributed by atoms with Gasteiger partial charge in [-0.1, -0.05) is 22.6 Å². The van der Waals surface area contributed by atoms with Gasteiger partial charge in [0.2, 0.25) is 0 Å². The van der Waals surface area contributed by atoms with Crippen LogP contribution in [0.4, 0.5) is 52.7 Å². The highest BCUT2D eigenvalue weighted by Crippen LogP contribution is 2.49. The lowest BCUT2D eigenvalue weighted by Gasteiger charge is -2.31.